The van der Waals surface area contributed by atoms with E-state index in [0.717, 1.165) is 18.9 Å². The molecule has 1 N–H and O–H groups in total. The number of phenols is 1. The van der Waals surface area contributed by atoms with Crippen LogP contribution in [0.3, 0.4) is 0 Å². The Hall–Kier alpha value is -2.09. The minimum Gasteiger partial charge on any atom is -0.507 e. The maximum absolute atomic E-state index is 13.6. The highest BCUT2D eigenvalue weighted by atomic mass is 19.1. The number of aromatic hydroxyl groups is 1. The molecule has 2 rings (SSSR count). The first-order chi connectivity index (χ1) is 8.65. The van der Waals surface area contributed by atoms with Crippen molar-refractivity contribution in [3.63, 3.8) is 0 Å². The Morgan fingerprint density at radius 2 is 2.28 bits per heavy atom. The average Bonchev–Trinajstić information content (AvgIpc) is 2.38. The number of amides is 1. The molecule has 1 fully saturated rings. The Morgan fingerprint density at radius 1 is 1.50 bits per heavy atom. The van der Waals surface area contributed by atoms with Crippen molar-refractivity contribution >= 4 is 5.91 Å². The maximum Gasteiger partial charge on any atom is 0.261 e. The zero-order valence-electron chi connectivity index (χ0n) is 9.77. The molecule has 1 saturated heterocycles. The Bertz CT molecular complexity index is 490. The normalized spacial score (nSPS) is 19.3. The largest absolute Gasteiger partial charge is 0.507 e. The van der Waals surface area contributed by atoms with Crippen LogP contribution in [0.25, 0.3) is 0 Å². The minimum absolute atomic E-state index is 0.348. The lowest BCUT2D eigenvalue weighted by molar-refractivity contribution is 0.0662. The number of hydrogen-bond acceptors (Lipinski definition) is 3. The molecule has 1 unspecified atom stereocenters. The Morgan fingerprint density at radius 3 is 2.94 bits per heavy atom. The quantitative estimate of drug-likeness (QED) is 0.827. The summed E-state index contributed by atoms with van der Waals surface area (Å²) in [6.45, 7) is 0.421. The van der Waals surface area contributed by atoms with Gasteiger partial charge in [-0.2, -0.15) is 5.26 Å². The van der Waals surface area contributed by atoms with Crippen LogP contribution >= 0.6 is 0 Å². The molecule has 0 saturated carbocycles. The van der Waals surface area contributed by atoms with Crippen molar-refractivity contribution in [2.24, 2.45) is 0 Å². The van der Waals surface area contributed by atoms with Gasteiger partial charge in [0.2, 0.25) is 0 Å². The van der Waals surface area contributed by atoms with Gasteiger partial charge in [0, 0.05) is 6.54 Å². The number of likely N-dealkylation sites (tertiary alicyclic amines) is 1. The van der Waals surface area contributed by atoms with Crippen molar-refractivity contribution in [3.8, 4) is 11.8 Å². The van der Waals surface area contributed by atoms with Crippen LogP contribution in [0.2, 0.25) is 0 Å². The van der Waals surface area contributed by atoms with Gasteiger partial charge in [-0.15, -0.1) is 0 Å². The van der Waals surface area contributed by atoms with E-state index in [9.17, 15) is 14.3 Å². The number of nitriles is 1. The van der Waals surface area contributed by atoms with E-state index in [4.69, 9.17) is 5.26 Å². The molecule has 0 bridgehead atoms. The number of halogens is 1. The number of nitrogens with zero attached hydrogens (tertiary/aromatic N) is 2. The number of carbonyl (C=O) groups is 1. The molecule has 1 aliphatic heterocycles. The fraction of sp³-hybridized carbons (Fsp3) is 0.385. The molecule has 1 aliphatic rings. The van der Waals surface area contributed by atoms with Crippen LogP contribution in [0, 0.1) is 17.1 Å². The van der Waals surface area contributed by atoms with E-state index in [0.29, 0.717) is 13.0 Å². The molecule has 94 valence electrons. The van der Waals surface area contributed by atoms with E-state index in [1.165, 1.54) is 17.0 Å². The van der Waals surface area contributed by atoms with Gasteiger partial charge in [0.25, 0.3) is 5.91 Å². The van der Waals surface area contributed by atoms with Gasteiger partial charge in [0.1, 0.15) is 23.2 Å². The van der Waals surface area contributed by atoms with Gasteiger partial charge in [-0.25, -0.2) is 4.39 Å². The molecule has 1 amide bonds. The van der Waals surface area contributed by atoms with Gasteiger partial charge in [-0.1, -0.05) is 6.07 Å². The standard InChI is InChI=1S/C13H13FN2O2/c14-10-5-3-6-11(17)12(10)13(18)16-7-2-1-4-9(16)8-15/h3,5-6,9,17H,1-2,4,7H2. The third kappa shape index (κ3) is 2.14. The SMILES string of the molecule is N#CC1CCCCN1C(=O)c1c(O)cccc1F. The van der Waals surface area contributed by atoms with Crippen LogP contribution in [0.4, 0.5) is 4.39 Å². The van der Waals surface area contributed by atoms with E-state index in [-0.39, 0.29) is 11.3 Å². The molecule has 0 aromatic heterocycles. The van der Waals surface area contributed by atoms with Gasteiger partial charge in [0.05, 0.1) is 6.07 Å². The topological polar surface area (TPSA) is 64.3 Å². The van der Waals surface area contributed by atoms with E-state index < -0.39 is 17.8 Å². The molecule has 4 nitrogen and oxygen atoms in total. The van der Waals surface area contributed by atoms with Crippen LogP contribution in [0.15, 0.2) is 18.2 Å². The van der Waals surface area contributed by atoms with Crippen molar-refractivity contribution in [2.75, 3.05) is 6.54 Å². The highest BCUT2D eigenvalue weighted by molar-refractivity contribution is 5.97. The van der Waals surface area contributed by atoms with E-state index in [1.54, 1.807) is 0 Å². The van der Waals surface area contributed by atoms with E-state index in [1.807, 2.05) is 6.07 Å². The summed E-state index contributed by atoms with van der Waals surface area (Å²) in [6.07, 6.45) is 2.27. The first-order valence-corrected chi connectivity index (χ1v) is 5.83. The molecular formula is C13H13FN2O2. The first kappa shape index (κ1) is 12.4. The molecule has 1 heterocycles. The minimum atomic E-state index is -0.762. The number of phenolic OH excluding ortho intramolecular Hbond substituents is 1. The van der Waals surface area contributed by atoms with Crippen molar-refractivity contribution in [3.05, 3.63) is 29.6 Å². The molecule has 18 heavy (non-hydrogen) atoms. The summed E-state index contributed by atoms with van der Waals surface area (Å²) in [5.74, 6) is -1.76. The molecule has 1 atom stereocenters. The molecule has 0 spiro atoms. The third-order valence-corrected chi connectivity index (χ3v) is 3.12. The predicted molar refractivity (Wildman–Crippen MR) is 62.4 cm³/mol. The number of rotatable bonds is 1. The van der Waals surface area contributed by atoms with Gasteiger partial charge in [-0.3, -0.25) is 4.79 Å². The van der Waals surface area contributed by atoms with Gasteiger partial charge in [0.15, 0.2) is 0 Å². The van der Waals surface area contributed by atoms with E-state index in [2.05, 4.69) is 0 Å². The van der Waals surface area contributed by atoms with Crippen molar-refractivity contribution in [2.45, 2.75) is 25.3 Å². The highest BCUT2D eigenvalue weighted by Crippen LogP contribution is 2.25. The number of piperidine rings is 1. The molecule has 0 radical (unpaired) electrons. The summed E-state index contributed by atoms with van der Waals surface area (Å²) in [5.41, 5.74) is -0.348. The van der Waals surface area contributed by atoms with Crippen LogP contribution in [-0.2, 0) is 0 Å². The van der Waals surface area contributed by atoms with Gasteiger partial charge in [-0.05, 0) is 31.4 Å². The predicted octanol–water partition coefficient (Wildman–Crippen LogP) is 2.05. The smallest absolute Gasteiger partial charge is 0.261 e. The van der Waals surface area contributed by atoms with Gasteiger partial charge < -0.3 is 10.0 Å². The Balaban J connectivity index is 2.33. The molecular weight excluding hydrogens is 235 g/mol. The second-order valence-electron chi connectivity index (χ2n) is 4.27. The van der Waals surface area contributed by atoms with Crippen LogP contribution in [0.1, 0.15) is 29.6 Å². The van der Waals surface area contributed by atoms with Crippen molar-refractivity contribution < 1.29 is 14.3 Å². The summed E-state index contributed by atoms with van der Waals surface area (Å²) in [5, 5.41) is 18.6. The number of carbonyl (C=O) groups excluding carboxylic acids is 1. The Labute approximate surface area is 104 Å². The zero-order valence-corrected chi connectivity index (χ0v) is 9.77. The number of benzene rings is 1. The third-order valence-electron chi connectivity index (χ3n) is 3.12. The fourth-order valence-electron chi connectivity index (χ4n) is 2.18. The highest BCUT2D eigenvalue weighted by Gasteiger charge is 2.30. The Kier molecular flexibility index (Phi) is 3.47. The molecule has 0 aliphatic carbocycles. The average molecular weight is 248 g/mol. The van der Waals surface area contributed by atoms with Crippen LogP contribution in [0.5, 0.6) is 5.75 Å². The lowest BCUT2D eigenvalue weighted by Gasteiger charge is -2.31. The second-order valence-corrected chi connectivity index (χ2v) is 4.27. The first-order valence-electron chi connectivity index (χ1n) is 5.83. The molecule has 5 heteroatoms. The summed E-state index contributed by atoms with van der Waals surface area (Å²) < 4.78 is 13.6. The fourth-order valence-corrected chi connectivity index (χ4v) is 2.18. The van der Waals surface area contributed by atoms with E-state index >= 15 is 0 Å². The lowest BCUT2D eigenvalue weighted by Crippen LogP contribution is -2.43. The monoisotopic (exact) mass is 248 g/mol. The molecule has 1 aromatic carbocycles. The van der Waals surface area contributed by atoms with Crippen molar-refractivity contribution in [1.29, 1.82) is 5.26 Å². The van der Waals surface area contributed by atoms with Crippen molar-refractivity contribution in [1.82, 2.24) is 4.90 Å². The van der Waals surface area contributed by atoms with Crippen LogP contribution in [-0.4, -0.2) is 28.5 Å². The zero-order chi connectivity index (χ0) is 13.1. The summed E-state index contributed by atoms with van der Waals surface area (Å²) in [6, 6.07) is 5.23. The summed E-state index contributed by atoms with van der Waals surface area (Å²) in [4.78, 5) is 13.5. The summed E-state index contributed by atoms with van der Waals surface area (Å²) in [7, 11) is 0. The van der Waals surface area contributed by atoms with Gasteiger partial charge >= 0.3 is 0 Å². The maximum atomic E-state index is 13.6. The number of hydrogen-bond donors (Lipinski definition) is 1. The lowest BCUT2D eigenvalue weighted by atomic mass is 10.0. The molecule has 1 aromatic rings. The van der Waals surface area contributed by atoms with Crippen LogP contribution < -0.4 is 0 Å². The summed E-state index contributed by atoms with van der Waals surface area (Å²) >= 11 is 0. The second kappa shape index (κ2) is 5.05.